The average molecular weight is 656 g/mol. The summed E-state index contributed by atoms with van der Waals surface area (Å²) < 4.78 is 2.33. The Kier molecular flexibility index (Phi) is 31.7. The maximum atomic E-state index is 5.45. The Morgan fingerprint density at radius 2 is 0.830 bits per heavy atom. The van der Waals surface area contributed by atoms with Crippen molar-refractivity contribution in [3.05, 3.63) is 30.1 Å². The standard InChI is InChI=1S/C43H83N4/c1-3-5-7-9-11-13-15-17-19-21-23-25-27-29-33-41(42-35-39-47(40-36-42)38-32-31-37-46-43(44)45)34-30-28-26-24-22-20-18-16-14-12-10-8-6-4-2/h35-36,39-41H,3-34,37-38H2,1-2H3,(H4,44,45,46)/q+1. The molecule has 0 aliphatic rings. The Labute approximate surface area is 294 Å². The molecule has 47 heavy (non-hydrogen) atoms. The van der Waals surface area contributed by atoms with Gasteiger partial charge in [0, 0.05) is 25.1 Å². The molecule has 4 N–H and O–H groups in total. The van der Waals surface area contributed by atoms with Crippen molar-refractivity contribution in [3.63, 3.8) is 0 Å². The molecule has 0 radical (unpaired) electrons. The topological polar surface area (TPSA) is 68.3 Å². The minimum absolute atomic E-state index is 0.200. The molecule has 0 atom stereocenters. The fourth-order valence-corrected chi connectivity index (χ4v) is 7.15. The van der Waals surface area contributed by atoms with Crippen molar-refractivity contribution in [1.82, 2.24) is 0 Å². The van der Waals surface area contributed by atoms with Gasteiger partial charge in [0.05, 0.1) is 0 Å². The minimum atomic E-state index is 0.200. The van der Waals surface area contributed by atoms with Crippen molar-refractivity contribution in [2.24, 2.45) is 16.5 Å². The van der Waals surface area contributed by atoms with Crippen LogP contribution in [0.4, 0.5) is 0 Å². The predicted octanol–water partition coefficient (Wildman–Crippen LogP) is 12.9. The molecular weight excluding hydrogens is 573 g/mol. The lowest BCUT2D eigenvalue weighted by molar-refractivity contribution is -0.697. The SMILES string of the molecule is CCCCCCCCCCCCCCCCC(CCCCCCCCCCCCCCCC)c1cc[n+](CCCCN=C(N)N)cc1. The second kappa shape index (κ2) is 34.3. The van der Waals surface area contributed by atoms with Gasteiger partial charge in [0.2, 0.25) is 0 Å². The van der Waals surface area contributed by atoms with Crippen molar-refractivity contribution in [2.45, 2.75) is 232 Å². The highest BCUT2D eigenvalue weighted by Crippen LogP contribution is 2.28. The molecule has 0 unspecified atom stereocenters. The normalized spacial score (nSPS) is 11.5. The molecule has 0 saturated carbocycles. The number of unbranched alkanes of at least 4 members (excludes halogenated alkanes) is 27. The van der Waals surface area contributed by atoms with E-state index >= 15 is 0 Å². The molecule has 0 fully saturated rings. The highest BCUT2D eigenvalue weighted by atomic mass is 15.0. The van der Waals surface area contributed by atoms with Crippen molar-refractivity contribution < 1.29 is 4.57 Å². The summed E-state index contributed by atoms with van der Waals surface area (Å²) >= 11 is 0. The summed E-state index contributed by atoms with van der Waals surface area (Å²) in [5, 5.41) is 0. The molecule has 0 spiro atoms. The molecule has 0 saturated heterocycles. The lowest BCUT2D eigenvalue weighted by atomic mass is 9.88. The van der Waals surface area contributed by atoms with Gasteiger partial charge >= 0.3 is 0 Å². The van der Waals surface area contributed by atoms with Crippen LogP contribution in [0.1, 0.15) is 231 Å². The first kappa shape index (κ1) is 43.4. The zero-order chi connectivity index (χ0) is 33.9. The molecule has 1 heterocycles. The Balaban J connectivity index is 2.28. The van der Waals surface area contributed by atoms with Gasteiger partial charge in [-0.2, -0.15) is 0 Å². The maximum absolute atomic E-state index is 5.45. The summed E-state index contributed by atoms with van der Waals surface area (Å²) in [4.78, 5) is 4.11. The number of nitrogens with two attached hydrogens (primary N) is 2. The fraction of sp³-hybridized carbons (Fsp3) is 0.860. The Morgan fingerprint density at radius 3 is 1.17 bits per heavy atom. The van der Waals surface area contributed by atoms with E-state index in [0.29, 0.717) is 0 Å². The molecule has 1 rings (SSSR count). The van der Waals surface area contributed by atoms with Crippen molar-refractivity contribution >= 4 is 5.96 Å². The van der Waals surface area contributed by atoms with Crippen LogP contribution >= 0.6 is 0 Å². The van der Waals surface area contributed by atoms with E-state index in [0.717, 1.165) is 31.8 Å². The molecule has 1 aromatic rings. The van der Waals surface area contributed by atoms with Gasteiger partial charge in [-0.3, -0.25) is 4.99 Å². The first-order valence-corrected chi connectivity index (χ1v) is 21.2. The molecule has 274 valence electrons. The van der Waals surface area contributed by atoms with Crippen molar-refractivity contribution in [1.29, 1.82) is 0 Å². The van der Waals surface area contributed by atoms with E-state index in [-0.39, 0.29) is 5.96 Å². The Hall–Kier alpha value is -1.58. The van der Waals surface area contributed by atoms with Crippen LogP contribution in [-0.4, -0.2) is 12.5 Å². The third-order valence-electron chi connectivity index (χ3n) is 10.3. The summed E-state index contributed by atoms with van der Waals surface area (Å²) in [6.07, 6.45) is 49.6. The molecule has 0 aromatic carbocycles. The van der Waals surface area contributed by atoms with E-state index in [4.69, 9.17) is 11.5 Å². The van der Waals surface area contributed by atoms with Crippen LogP contribution < -0.4 is 16.0 Å². The third kappa shape index (κ3) is 29.1. The highest BCUT2D eigenvalue weighted by molar-refractivity contribution is 5.75. The molecule has 0 amide bonds. The monoisotopic (exact) mass is 656 g/mol. The molecular formula is C43H83N4+. The van der Waals surface area contributed by atoms with Crippen LogP contribution in [0.2, 0.25) is 0 Å². The van der Waals surface area contributed by atoms with Gasteiger partial charge < -0.3 is 11.5 Å². The summed E-state index contributed by atoms with van der Waals surface area (Å²) in [5.41, 5.74) is 12.5. The van der Waals surface area contributed by atoms with E-state index in [1.165, 1.54) is 193 Å². The van der Waals surface area contributed by atoms with Gasteiger partial charge in [-0.15, -0.1) is 0 Å². The Morgan fingerprint density at radius 1 is 0.489 bits per heavy atom. The zero-order valence-electron chi connectivity index (χ0n) is 32.0. The number of nitrogens with zero attached hydrogens (tertiary/aromatic N) is 2. The number of aryl methyl sites for hydroxylation is 1. The van der Waals surface area contributed by atoms with Gasteiger partial charge in [-0.1, -0.05) is 194 Å². The third-order valence-corrected chi connectivity index (χ3v) is 10.3. The first-order valence-electron chi connectivity index (χ1n) is 21.2. The van der Waals surface area contributed by atoms with Gasteiger partial charge in [0.25, 0.3) is 0 Å². The fourth-order valence-electron chi connectivity index (χ4n) is 7.15. The molecule has 0 aliphatic heterocycles. The van der Waals surface area contributed by atoms with E-state index in [1.54, 1.807) is 5.56 Å². The smallest absolute Gasteiger partial charge is 0.185 e. The van der Waals surface area contributed by atoms with Gasteiger partial charge in [-0.05, 0) is 30.7 Å². The van der Waals surface area contributed by atoms with Gasteiger partial charge in [-0.25, -0.2) is 4.57 Å². The van der Waals surface area contributed by atoms with Crippen LogP contribution in [0.5, 0.6) is 0 Å². The van der Waals surface area contributed by atoms with Crippen LogP contribution in [0.15, 0.2) is 29.5 Å². The van der Waals surface area contributed by atoms with Gasteiger partial charge in [0.1, 0.15) is 6.54 Å². The van der Waals surface area contributed by atoms with Crippen LogP contribution in [0.3, 0.4) is 0 Å². The summed E-state index contributed by atoms with van der Waals surface area (Å²) in [6, 6.07) is 4.82. The molecule has 0 bridgehead atoms. The maximum Gasteiger partial charge on any atom is 0.185 e. The number of hydrogen-bond acceptors (Lipinski definition) is 1. The molecule has 0 aliphatic carbocycles. The minimum Gasteiger partial charge on any atom is -0.370 e. The van der Waals surface area contributed by atoms with Crippen LogP contribution in [-0.2, 0) is 6.54 Å². The number of guanidine groups is 1. The first-order chi connectivity index (χ1) is 23.2. The second-order valence-electron chi connectivity index (χ2n) is 14.8. The Bertz CT molecular complexity index is 753. The van der Waals surface area contributed by atoms with E-state index in [1.807, 2.05) is 0 Å². The summed E-state index contributed by atoms with van der Waals surface area (Å²) in [5.74, 6) is 0.923. The molecule has 4 nitrogen and oxygen atoms in total. The van der Waals surface area contributed by atoms with Gasteiger partial charge in [0.15, 0.2) is 18.4 Å². The van der Waals surface area contributed by atoms with Crippen LogP contribution in [0, 0.1) is 0 Å². The number of aromatic nitrogens is 1. The number of aliphatic imine (C=N–C) groups is 1. The summed E-state index contributed by atoms with van der Waals surface area (Å²) in [6.45, 7) is 6.37. The summed E-state index contributed by atoms with van der Waals surface area (Å²) in [7, 11) is 0. The largest absolute Gasteiger partial charge is 0.370 e. The lowest BCUT2D eigenvalue weighted by Gasteiger charge is -2.17. The molecule has 1 aromatic heterocycles. The average Bonchev–Trinajstić information content (AvgIpc) is 3.07. The molecule has 4 heteroatoms. The second-order valence-corrected chi connectivity index (χ2v) is 14.8. The lowest BCUT2D eigenvalue weighted by Crippen LogP contribution is -2.32. The van der Waals surface area contributed by atoms with Crippen LogP contribution in [0.25, 0.3) is 0 Å². The quantitative estimate of drug-likeness (QED) is 0.0327. The van der Waals surface area contributed by atoms with E-state index in [9.17, 15) is 0 Å². The number of pyridine rings is 1. The number of rotatable bonds is 36. The van der Waals surface area contributed by atoms with Crippen molar-refractivity contribution in [3.8, 4) is 0 Å². The highest BCUT2D eigenvalue weighted by Gasteiger charge is 2.13. The van der Waals surface area contributed by atoms with E-state index in [2.05, 4.69) is 47.9 Å². The van der Waals surface area contributed by atoms with Crippen molar-refractivity contribution in [2.75, 3.05) is 6.54 Å². The van der Waals surface area contributed by atoms with E-state index < -0.39 is 0 Å². The number of hydrogen-bond donors (Lipinski definition) is 2. The zero-order valence-corrected chi connectivity index (χ0v) is 32.0. The predicted molar refractivity (Wildman–Crippen MR) is 209 cm³/mol.